The molecular weight excluding hydrogens is 336 g/mol. The number of carbonyl (C=O) groups is 2. The Morgan fingerprint density at radius 1 is 1.00 bits per heavy atom. The Kier molecular flexibility index (Phi) is 6.78. The summed E-state index contributed by atoms with van der Waals surface area (Å²) in [6, 6.07) is 17.7. The van der Waals surface area contributed by atoms with Crippen LogP contribution in [0.25, 0.3) is 0 Å². The summed E-state index contributed by atoms with van der Waals surface area (Å²) in [6.07, 6.45) is 0.259. The van der Waals surface area contributed by atoms with E-state index in [1.807, 2.05) is 61.5 Å². The quantitative estimate of drug-likeness (QED) is 0.789. The molecule has 0 saturated carbocycles. The fourth-order valence-electron chi connectivity index (χ4n) is 3.22. The fourth-order valence-corrected chi connectivity index (χ4v) is 3.22. The van der Waals surface area contributed by atoms with E-state index >= 15 is 0 Å². The molecule has 1 atom stereocenters. The Balaban J connectivity index is 2.04. The van der Waals surface area contributed by atoms with Crippen LogP contribution in [0.2, 0.25) is 0 Å². The molecule has 0 heterocycles. The van der Waals surface area contributed by atoms with Crippen LogP contribution >= 0.6 is 0 Å². The van der Waals surface area contributed by atoms with Crippen LogP contribution < -0.4 is 5.32 Å². The summed E-state index contributed by atoms with van der Waals surface area (Å²) in [5.41, 5.74) is 2.93. The molecule has 4 nitrogen and oxygen atoms in total. The summed E-state index contributed by atoms with van der Waals surface area (Å²) in [7, 11) is 0. The van der Waals surface area contributed by atoms with Gasteiger partial charge < -0.3 is 10.2 Å². The molecule has 0 aromatic heterocycles. The van der Waals surface area contributed by atoms with Gasteiger partial charge in [0, 0.05) is 25.6 Å². The maximum atomic E-state index is 12.5. The van der Waals surface area contributed by atoms with E-state index < -0.39 is 0 Å². The van der Waals surface area contributed by atoms with Crippen molar-refractivity contribution in [1.82, 2.24) is 4.90 Å². The molecule has 0 aliphatic carbocycles. The zero-order chi connectivity index (χ0) is 20.0. The van der Waals surface area contributed by atoms with Crippen LogP contribution in [0.5, 0.6) is 0 Å². The molecule has 0 aliphatic heterocycles. The van der Waals surface area contributed by atoms with Gasteiger partial charge in [0.15, 0.2) is 0 Å². The highest BCUT2D eigenvalue weighted by Gasteiger charge is 2.21. The van der Waals surface area contributed by atoms with Gasteiger partial charge in [0.05, 0.1) is 6.04 Å². The third-order valence-electron chi connectivity index (χ3n) is 4.74. The van der Waals surface area contributed by atoms with Crippen molar-refractivity contribution in [3.05, 3.63) is 65.7 Å². The first kappa shape index (κ1) is 20.7. The van der Waals surface area contributed by atoms with Gasteiger partial charge in [-0.25, -0.2) is 0 Å². The second kappa shape index (κ2) is 8.85. The van der Waals surface area contributed by atoms with Crippen molar-refractivity contribution in [2.75, 3.05) is 11.9 Å². The summed E-state index contributed by atoms with van der Waals surface area (Å²) in [4.78, 5) is 26.4. The lowest BCUT2D eigenvalue weighted by Gasteiger charge is -2.28. The van der Waals surface area contributed by atoms with Crippen molar-refractivity contribution < 1.29 is 9.59 Å². The Morgan fingerprint density at radius 3 is 2.19 bits per heavy atom. The van der Waals surface area contributed by atoms with Crippen molar-refractivity contribution >= 4 is 17.5 Å². The predicted octanol–water partition coefficient (Wildman–Crippen LogP) is 4.92. The predicted molar refractivity (Wildman–Crippen MR) is 111 cm³/mol. The molecule has 4 heteroatoms. The van der Waals surface area contributed by atoms with Gasteiger partial charge in [-0.1, -0.05) is 69.3 Å². The first-order valence-corrected chi connectivity index (χ1v) is 9.41. The molecule has 0 fully saturated rings. The fraction of sp³-hybridized carbons (Fsp3) is 0.391. The van der Waals surface area contributed by atoms with E-state index in [0.717, 1.165) is 16.8 Å². The van der Waals surface area contributed by atoms with Crippen LogP contribution in [-0.2, 0) is 15.0 Å². The number of para-hydroxylation sites is 1. The molecular formula is C23H30N2O2. The van der Waals surface area contributed by atoms with Crippen LogP contribution in [-0.4, -0.2) is 23.3 Å². The van der Waals surface area contributed by atoms with Crippen molar-refractivity contribution in [2.45, 2.75) is 52.5 Å². The van der Waals surface area contributed by atoms with Crippen molar-refractivity contribution in [3.63, 3.8) is 0 Å². The molecule has 2 amide bonds. The minimum atomic E-state index is -0.0850. The number of rotatable bonds is 6. The molecule has 144 valence electrons. The molecule has 1 unspecified atom stereocenters. The summed E-state index contributed by atoms with van der Waals surface area (Å²) in [6.45, 7) is 10.3. The third-order valence-corrected chi connectivity index (χ3v) is 4.74. The number of benzene rings is 2. The Hall–Kier alpha value is -2.62. The Morgan fingerprint density at radius 2 is 1.59 bits per heavy atom. The first-order chi connectivity index (χ1) is 12.7. The second-order valence-electron chi connectivity index (χ2n) is 7.89. The van der Waals surface area contributed by atoms with Gasteiger partial charge in [-0.3, -0.25) is 9.59 Å². The monoisotopic (exact) mass is 366 g/mol. The highest BCUT2D eigenvalue weighted by Crippen LogP contribution is 2.29. The number of amides is 2. The van der Waals surface area contributed by atoms with Crippen LogP contribution in [0.3, 0.4) is 0 Å². The highest BCUT2D eigenvalue weighted by molar-refractivity contribution is 5.92. The number of nitrogens with one attached hydrogen (secondary N) is 1. The molecule has 2 rings (SSSR count). The molecule has 0 radical (unpaired) electrons. The van der Waals surface area contributed by atoms with E-state index in [-0.39, 0.29) is 29.7 Å². The van der Waals surface area contributed by atoms with Crippen LogP contribution in [0, 0.1) is 0 Å². The van der Waals surface area contributed by atoms with E-state index in [4.69, 9.17) is 0 Å². The normalized spacial score (nSPS) is 12.3. The molecule has 27 heavy (non-hydrogen) atoms. The summed E-state index contributed by atoms with van der Waals surface area (Å²) < 4.78 is 0. The number of hydrogen-bond acceptors (Lipinski definition) is 2. The summed E-state index contributed by atoms with van der Waals surface area (Å²) in [5, 5.41) is 3.01. The van der Waals surface area contributed by atoms with Crippen molar-refractivity contribution in [3.8, 4) is 0 Å². The van der Waals surface area contributed by atoms with Crippen LogP contribution in [0.4, 0.5) is 5.69 Å². The highest BCUT2D eigenvalue weighted by atomic mass is 16.2. The van der Waals surface area contributed by atoms with E-state index in [0.29, 0.717) is 6.54 Å². The third kappa shape index (κ3) is 5.68. The van der Waals surface area contributed by atoms with Gasteiger partial charge in [0.2, 0.25) is 11.8 Å². The van der Waals surface area contributed by atoms with E-state index in [1.165, 1.54) is 0 Å². The minimum Gasteiger partial charge on any atom is -0.336 e. The van der Waals surface area contributed by atoms with Gasteiger partial charge in [-0.2, -0.15) is 0 Å². The molecule has 2 aromatic rings. The number of anilines is 1. The molecule has 0 spiro atoms. The zero-order valence-corrected chi connectivity index (χ0v) is 17.0. The Bertz CT molecular complexity index is 778. The van der Waals surface area contributed by atoms with Gasteiger partial charge in [0.1, 0.15) is 0 Å². The number of hydrogen-bond donors (Lipinski definition) is 1. The largest absolute Gasteiger partial charge is 0.336 e. The lowest BCUT2D eigenvalue weighted by Crippen LogP contribution is -2.34. The number of carbonyl (C=O) groups excluding carboxylic acids is 2. The zero-order valence-electron chi connectivity index (χ0n) is 17.0. The van der Waals surface area contributed by atoms with E-state index in [9.17, 15) is 9.59 Å². The molecule has 0 aliphatic rings. The molecule has 2 aromatic carbocycles. The van der Waals surface area contributed by atoms with Gasteiger partial charge in [0.25, 0.3) is 0 Å². The molecule has 0 bridgehead atoms. The SMILES string of the molecule is CC(=O)N(CCC(=O)Nc1ccccc1C(C)(C)C)C(C)c1ccccc1. The molecule has 1 N–H and O–H groups in total. The van der Waals surface area contributed by atoms with Crippen molar-refractivity contribution in [1.29, 1.82) is 0 Å². The smallest absolute Gasteiger partial charge is 0.226 e. The van der Waals surface area contributed by atoms with Gasteiger partial charge in [-0.05, 0) is 29.5 Å². The summed E-state index contributed by atoms with van der Waals surface area (Å²) in [5.74, 6) is -0.118. The van der Waals surface area contributed by atoms with Crippen LogP contribution in [0.15, 0.2) is 54.6 Å². The van der Waals surface area contributed by atoms with Gasteiger partial charge >= 0.3 is 0 Å². The van der Waals surface area contributed by atoms with E-state index in [1.54, 1.807) is 11.8 Å². The minimum absolute atomic E-state index is 0.0331. The number of nitrogens with zero attached hydrogens (tertiary/aromatic N) is 1. The lowest BCUT2D eigenvalue weighted by atomic mass is 9.86. The van der Waals surface area contributed by atoms with Gasteiger partial charge in [-0.15, -0.1) is 0 Å². The maximum Gasteiger partial charge on any atom is 0.226 e. The average Bonchev–Trinajstić information content (AvgIpc) is 2.61. The standard InChI is InChI=1S/C23H30N2O2/c1-17(19-11-7-6-8-12-19)25(18(2)26)16-15-22(27)24-21-14-10-9-13-20(21)23(3,4)5/h6-14,17H,15-16H2,1-5H3,(H,24,27). The summed E-state index contributed by atoms with van der Waals surface area (Å²) >= 11 is 0. The molecule has 0 saturated heterocycles. The van der Waals surface area contributed by atoms with Crippen LogP contribution in [0.1, 0.15) is 58.2 Å². The topological polar surface area (TPSA) is 49.4 Å². The Labute approximate surface area is 162 Å². The maximum absolute atomic E-state index is 12.5. The average molecular weight is 367 g/mol. The van der Waals surface area contributed by atoms with Crippen molar-refractivity contribution in [2.24, 2.45) is 0 Å². The second-order valence-corrected chi connectivity index (χ2v) is 7.89. The first-order valence-electron chi connectivity index (χ1n) is 9.41. The lowest BCUT2D eigenvalue weighted by molar-refractivity contribution is -0.131. The van der Waals surface area contributed by atoms with E-state index in [2.05, 4.69) is 26.1 Å².